The van der Waals surface area contributed by atoms with Gasteiger partial charge in [0.2, 0.25) is 5.91 Å². The van der Waals surface area contributed by atoms with Crippen molar-refractivity contribution in [3.8, 4) is 5.75 Å². The highest BCUT2D eigenvalue weighted by Gasteiger charge is 2.22. The first kappa shape index (κ1) is 20.4. The Kier molecular flexibility index (Phi) is 8.15. The minimum Gasteiger partial charge on any atom is -0.494 e. The monoisotopic (exact) mass is 358 g/mol. The predicted molar refractivity (Wildman–Crippen MR) is 92.4 cm³/mol. The first-order valence-electron chi connectivity index (χ1n) is 7.86. The summed E-state index contributed by atoms with van der Waals surface area (Å²) >= 11 is 0. The average Bonchev–Trinajstić information content (AvgIpc) is 2.59. The third kappa shape index (κ3) is 5.18. The van der Waals surface area contributed by atoms with Gasteiger partial charge >= 0.3 is 0 Å². The third-order valence-corrected chi connectivity index (χ3v) is 4.29. The molecule has 7 heteroatoms. The first-order chi connectivity index (χ1) is 11.0. The first-order valence-corrected chi connectivity index (χ1v) is 7.86. The molecule has 0 unspecified atom stereocenters. The molecule has 1 heterocycles. The van der Waals surface area contributed by atoms with Gasteiger partial charge in [-0.1, -0.05) is 0 Å². The number of hydrogen-bond acceptors (Lipinski definition) is 4. The van der Waals surface area contributed by atoms with Gasteiger partial charge < -0.3 is 15.0 Å². The number of halogens is 2. The summed E-state index contributed by atoms with van der Waals surface area (Å²) in [7, 11) is 3.16. The molecule has 1 aliphatic heterocycles. The summed E-state index contributed by atoms with van der Waals surface area (Å²) in [6.45, 7) is 1.82. The summed E-state index contributed by atoms with van der Waals surface area (Å²) in [4.78, 5) is 26.1. The van der Waals surface area contributed by atoms with Gasteiger partial charge in [-0.05, 0) is 44.1 Å². The number of ketones is 1. The van der Waals surface area contributed by atoms with E-state index in [1.54, 1.807) is 11.9 Å². The van der Waals surface area contributed by atoms with Crippen molar-refractivity contribution in [1.29, 1.82) is 0 Å². The summed E-state index contributed by atoms with van der Waals surface area (Å²) in [5.41, 5.74) is 0.264. The number of rotatable bonds is 6. The molecule has 1 N–H and O–H groups in total. The van der Waals surface area contributed by atoms with Crippen molar-refractivity contribution in [3.63, 3.8) is 0 Å². The summed E-state index contributed by atoms with van der Waals surface area (Å²) in [6, 6.07) is 4.33. The van der Waals surface area contributed by atoms with Crippen LogP contribution in [0.4, 0.5) is 4.39 Å². The molecule has 0 aromatic heterocycles. The van der Waals surface area contributed by atoms with Crippen LogP contribution in [0.5, 0.6) is 5.75 Å². The highest BCUT2D eigenvalue weighted by atomic mass is 35.5. The van der Waals surface area contributed by atoms with Crippen molar-refractivity contribution in [3.05, 3.63) is 29.6 Å². The van der Waals surface area contributed by atoms with Crippen molar-refractivity contribution < 1.29 is 18.7 Å². The Bertz CT molecular complexity index is 577. The number of methoxy groups -OCH3 is 1. The van der Waals surface area contributed by atoms with E-state index < -0.39 is 5.82 Å². The Labute approximate surface area is 148 Å². The fraction of sp³-hybridized carbons (Fsp3) is 0.529. The molecule has 1 aromatic carbocycles. The Morgan fingerprint density at radius 1 is 1.29 bits per heavy atom. The van der Waals surface area contributed by atoms with Gasteiger partial charge in [-0.2, -0.15) is 0 Å². The third-order valence-electron chi connectivity index (χ3n) is 4.29. The number of benzene rings is 1. The molecular weight excluding hydrogens is 335 g/mol. The zero-order valence-electron chi connectivity index (χ0n) is 14.0. The molecule has 1 aromatic rings. The van der Waals surface area contributed by atoms with Crippen LogP contribution in [0, 0.1) is 5.82 Å². The fourth-order valence-electron chi connectivity index (χ4n) is 2.78. The van der Waals surface area contributed by atoms with Gasteiger partial charge in [-0.3, -0.25) is 9.59 Å². The molecule has 0 bridgehead atoms. The Morgan fingerprint density at radius 3 is 2.54 bits per heavy atom. The molecule has 0 saturated carbocycles. The molecule has 1 amide bonds. The molecule has 1 fully saturated rings. The normalized spacial score (nSPS) is 14.6. The summed E-state index contributed by atoms with van der Waals surface area (Å²) in [5.74, 6) is -0.752. The van der Waals surface area contributed by atoms with Crippen molar-refractivity contribution in [2.75, 3.05) is 27.2 Å². The summed E-state index contributed by atoms with van der Waals surface area (Å²) in [5, 5.41) is 3.26. The van der Waals surface area contributed by atoms with E-state index in [1.165, 1.54) is 19.2 Å². The lowest BCUT2D eigenvalue weighted by Crippen LogP contribution is -2.44. The molecule has 1 saturated heterocycles. The second-order valence-corrected chi connectivity index (χ2v) is 5.76. The van der Waals surface area contributed by atoms with Crippen LogP contribution in [0.1, 0.15) is 36.0 Å². The van der Waals surface area contributed by atoms with Gasteiger partial charge in [0.15, 0.2) is 17.3 Å². The second kappa shape index (κ2) is 9.59. The van der Waals surface area contributed by atoms with Gasteiger partial charge in [0, 0.05) is 31.5 Å². The van der Waals surface area contributed by atoms with Crippen molar-refractivity contribution >= 4 is 24.1 Å². The molecule has 5 nitrogen and oxygen atoms in total. The molecule has 0 radical (unpaired) electrons. The number of amides is 1. The van der Waals surface area contributed by atoms with Gasteiger partial charge in [0.1, 0.15) is 0 Å². The fourth-order valence-corrected chi connectivity index (χ4v) is 2.78. The SMILES string of the molecule is COc1ccc(C(=O)CCC(=O)N(C)C2CCNCC2)cc1F.Cl. The number of Topliss-reactive ketones (excluding diaryl/α,β-unsaturated/α-hetero) is 1. The summed E-state index contributed by atoms with van der Waals surface area (Å²) in [6.07, 6.45) is 2.09. The smallest absolute Gasteiger partial charge is 0.223 e. The molecule has 1 aliphatic rings. The number of ether oxygens (including phenoxy) is 1. The van der Waals surface area contributed by atoms with Crippen LogP contribution in [0.15, 0.2) is 18.2 Å². The quantitative estimate of drug-likeness (QED) is 0.793. The number of piperidine rings is 1. The molecule has 0 aliphatic carbocycles. The highest BCUT2D eigenvalue weighted by molar-refractivity contribution is 5.98. The van der Waals surface area contributed by atoms with Crippen LogP contribution >= 0.6 is 12.4 Å². The lowest BCUT2D eigenvalue weighted by atomic mass is 10.0. The maximum absolute atomic E-state index is 13.6. The van der Waals surface area contributed by atoms with Crippen molar-refractivity contribution in [2.24, 2.45) is 0 Å². The van der Waals surface area contributed by atoms with Crippen LogP contribution in [0.25, 0.3) is 0 Å². The minimum absolute atomic E-state index is 0. The van der Waals surface area contributed by atoms with Gasteiger partial charge in [0.25, 0.3) is 0 Å². The number of nitrogens with one attached hydrogen (secondary N) is 1. The topological polar surface area (TPSA) is 58.6 Å². The lowest BCUT2D eigenvalue weighted by Gasteiger charge is -2.31. The maximum atomic E-state index is 13.6. The molecule has 0 atom stereocenters. The molecule has 24 heavy (non-hydrogen) atoms. The van der Waals surface area contributed by atoms with E-state index in [9.17, 15) is 14.0 Å². The van der Waals surface area contributed by atoms with E-state index in [4.69, 9.17) is 4.74 Å². The van der Waals surface area contributed by atoms with E-state index in [0.29, 0.717) is 0 Å². The number of nitrogens with zero attached hydrogens (tertiary/aromatic N) is 1. The van der Waals surface area contributed by atoms with Gasteiger partial charge in [0.05, 0.1) is 7.11 Å². The second-order valence-electron chi connectivity index (χ2n) is 5.76. The minimum atomic E-state index is -0.573. The summed E-state index contributed by atoms with van der Waals surface area (Å²) < 4.78 is 18.4. The zero-order chi connectivity index (χ0) is 16.8. The molecular formula is C17H24ClFN2O3. The Hall–Kier alpha value is -1.66. The van der Waals surface area contributed by atoms with Crippen LogP contribution in [0.3, 0.4) is 0 Å². The number of hydrogen-bond donors (Lipinski definition) is 1. The van der Waals surface area contributed by atoms with Gasteiger partial charge in [-0.15, -0.1) is 12.4 Å². The van der Waals surface area contributed by atoms with Gasteiger partial charge in [-0.25, -0.2) is 4.39 Å². The lowest BCUT2D eigenvalue weighted by molar-refractivity contribution is -0.132. The van der Waals surface area contributed by atoms with Crippen LogP contribution in [-0.4, -0.2) is 49.9 Å². The van der Waals surface area contributed by atoms with E-state index in [0.717, 1.165) is 32.0 Å². The number of carbonyl (C=O) groups excluding carboxylic acids is 2. The maximum Gasteiger partial charge on any atom is 0.223 e. The van der Waals surface area contributed by atoms with Crippen LogP contribution in [0.2, 0.25) is 0 Å². The molecule has 0 spiro atoms. The average molecular weight is 359 g/mol. The van der Waals surface area contributed by atoms with Crippen molar-refractivity contribution in [1.82, 2.24) is 10.2 Å². The predicted octanol–water partition coefficient (Wildman–Crippen LogP) is 2.43. The Balaban J connectivity index is 0.00000288. The van der Waals surface area contributed by atoms with Crippen LogP contribution < -0.4 is 10.1 Å². The van der Waals surface area contributed by atoms with E-state index in [1.807, 2.05) is 0 Å². The van der Waals surface area contributed by atoms with E-state index >= 15 is 0 Å². The largest absolute Gasteiger partial charge is 0.494 e. The van der Waals surface area contributed by atoms with Crippen molar-refractivity contribution in [2.45, 2.75) is 31.7 Å². The van der Waals surface area contributed by atoms with Crippen LogP contribution in [-0.2, 0) is 4.79 Å². The highest BCUT2D eigenvalue weighted by Crippen LogP contribution is 2.19. The Morgan fingerprint density at radius 2 is 1.96 bits per heavy atom. The molecule has 134 valence electrons. The zero-order valence-corrected chi connectivity index (χ0v) is 14.8. The van der Waals surface area contributed by atoms with E-state index in [-0.39, 0.29) is 54.3 Å². The standard InChI is InChI=1S/C17H23FN2O3.ClH/c1-20(13-7-9-19-10-8-13)17(22)6-4-15(21)12-3-5-16(23-2)14(18)11-12;/h3,5,11,13,19H,4,6-10H2,1-2H3;1H. The molecule has 2 rings (SSSR count). The number of carbonyl (C=O) groups is 2. The van der Waals surface area contributed by atoms with E-state index in [2.05, 4.69) is 5.32 Å².